The van der Waals surface area contributed by atoms with Crippen LogP contribution in [0.5, 0.6) is 0 Å². The molecule has 0 fully saturated rings. The van der Waals surface area contributed by atoms with Crippen LogP contribution >= 0.6 is 0 Å². The topological polar surface area (TPSA) is 49.3 Å². The van der Waals surface area contributed by atoms with Crippen LogP contribution in [-0.4, -0.2) is 17.6 Å². The van der Waals surface area contributed by atoms with Crippen molar-refractivity contribution in [3.63, 3.8) is 0 Å². The zero-order chi connectivity index (χ0) is 14.6. The highest BCUT2D eigenvalue weighted by atomic mass is 19.4. The molecule has 1 aromatic rings. The first-order valence-corrected chi connectivity index (χ1v) is 5.84. The van der Waals surface area contributed by atoms with Gasteiger partial charge in [0, 0.05) is 12.5 Å². The zero-order valence-corrected chi connectivity index (χ0v) is 10.7. The lowest BCUT2D eigenvalue weighted by Crippen LogP contribution is -2.31. The number of aliphatic hydroxyl groups excluding tert-OH is 1. The van der Waals surface area contributed by atoms with E-state index in [1.54, 1.807) is 13.8 Å². The molecular weight excluding hydrogens is 259 g/mol. The summed E-state index contributed by atoms with van der Waals surface area (Å²) in [5, 5.41) is 12.2. The van der Waals surface area contributed by atoms with Crippen LogP contribution in [0, 0.1) is 5.92 Å². The molecule has 1 aromatic carbocycles. The molecule has 106 valence electrons. The molecule has 0 aromatic heterocycles. The van der Waals surface area contributed by atoms with Gasteiger partial charge in [0.15, 0.2) is 0 Å². The molecule has 0 aliphatic heterocycles. The van der Waals surface area contributed by atoms with E-state index in [4.69, 9.17) is 0 Å². The van der Waals surface area contributed by atoms with Gasteiger partial charge in [-0.25, -0.2) is 0 Å². The Hall–Kier alpha value is -1.56. The molecule has 0 saturated heterocycles. The maximum Gasteiger partial charge on any atom is 0.416 e. The molecule has 0 saturated carbocycles. The number of hydrogen-bond donors (Lipinski definition) is 2. The lowest BCUT2D eigenvalue weighted by Gasteiger charge is -2.15. The lowest BCUT2D eigenvalue weighted by atomic mass is 10.1. The van der Waals surface area contributed by atoms with E-state index in [1.165, 1.54) is 12.1 Å². The molecule has 0 aliphatic rings. The second kappa shape index (κ2) is 6.06. The molecule has 2 N–H and O–H groups in total. The minimum Gasteiger partial charge on any atom is -0.387 e. The van der Waals surface area contributed by atoms with Crippen molar-refractivity contribution in [3.8, 4) is 0 Å². The van der Waals surface area contributed by atoms with Crippen LogP contribution in [0.25, 0.3) is 0 Å². The Bertz CT molecular complexity index is 444. The first-order valence-electron chi connectivity index (χ1n) is 5.84. The van der Waals surface area contributed by atoms with Gasteiger partial charge in [-0.2, -0.15) is 13.2 Å². The molecule has 0 bridgehead atoms. The van der Waals surface area contributed by atoms with E-state index < -0.39 is 17.8 Å². The van der Waals surface area contributed by atoms with Crippen molar-refractivity contribution in [3.05, 3.63) is 35.4 Å². The summed E-state index contributed by atoms with van der Waals surface area (Å²) in [5.74, 6) is -0.500. The Kier molecular flexibility index (Phi) is 4.94. The SMILES string of the molecule is CC(C)C(=O)NCC(O)c1cccc(C(F)(F)F)c1. The van der Waals surface area contributed by atoms with Gasteiger partial charge in [0.2, 0.25) is 5.91 Å². The van der Waals surface area contributed by atoms with Crippen LogP contribution in [0.4, 0.5) is 13.2 Å². The molecule has 19 heavy (non-hydrogen) atoms. The zero-order valence-electron chi connectivity index (χ0n) is 10.7. The largest absolute Gasteiger partial charge is 0.416 e. The van der Waals surface area contributed by atoms with Gasteiger partial charge in [0.1, 0.15) is 0 Å². The van der Waals surface area contributed by atoms with Gasteiger partial charge in [-0.05, 0) is 17.7 Å². The highest BCUT2D eigenvalue weighted by molar-refractivity contribution is 5.77. The van der Waals surface area contributed by atoms with Crippen molar-refractivity contribution in [2.45, 2.75) is 26.1 Å². The molecule has 0 spiro atoms. The average Bonchev–Trinajstić information content (AvgIpc) is 2.34. The third-order valence-corrected chi connectivity index (χ3v) is 2.59. The van der Waals surface area contributed by atoms with Crippen molar-refractivity contribution < 1.29 is 23.1 Å². The minimum atomic E-state index is -4.45. The Balaban J connectivity index is 2.72. The van der Waals surface area contributed by atoms with Crippen LogP contribution in [0.15, 0.2) is 24.3 Å². The first-order chi connectivity index (χ1) is 8.71. The van der Waals surface area contributed by atoms with Crippen LogP contribution < -0.4 is 5.32 Å². The highest BCUT2D eigenvalue weighted by Crippen LogP contribution is 2.30. The van der Waals surface area contributed by atoms with Gasteiger partial charge >= 0.3 is 6.18 Å². The number of amides is 1. The number of carbonyl (C=O) groups excluding carboxylic acids is 1. The van der Waals surface area contributed by atoms with E-state index in [-0.39, 0.29) is 23.9 Å². The summed E-state index contributed by atoms with van der Waals surface area (Å²) >= 11 is 0. The lowest BCUT2D eigenvalue weighted by molar-refractivity contribution is -0.137. The number of alkyl halides is 3. The van der Waals surface area contributed by atoms with Crippen molar-refractivity contribution in [2.75, 3.05) is 6.54 Å². The summed E-state index contributed by atoms with van der Waals surface area (Å²) in [7, 11) is 0. The molecule has 6 heteroatoms. The van der Waals surface area contributed by atoms with E-state index in [0.29, 0.717) is 0 Å². The van der Waals surface area contributed by atoms with Gasteiger partial charge < -0.3 is 10.4 Å². The molecule has 1 atom stereocenters. The van der Waals surface area contributed by atoms with E-state index in [2.05, 4.69) is 5.32 Å². The molecule has 0 radical (unpaired) electrons. The number of hydrogen-bond acceptors (Lipinski definition) is 2. The number of halogens is 3. The van der Waals surface area contributed by atoms with Crippen LogP contribution in [0.1, 0.15) is 31.1 Å². The third kappa shape index (κ3) is 4.55. The molecule has 0 aliphatic carbocycles. The minimum absolute atomic E-state index is 0.113. The van der Waals surface area contributed by atoms with Crippen LogP contribution in [0.2, 0.25) is 0 Å². The second-order valence-corrected chi connectivity index (χ2v) is 4.54. The van der Waals surface area contributed by atoms with Gasteiger partial charge in [-0.3, -0.25) is 4.79 Å². The van der Waals surface area contributed by atoms with Gasteiger partial charge in [-0.15, -0.1) is 0 Å². The maximum atomic E-state index is 12.5. The van der Waals surface area contributed by atoms with Crippen molar-refractivity contribution in [2.24, 2.45) is 5.92 Å². The first kappa shape index (κ1) is 15.5. The van der Waals surface area contributed by atoms with Crippen molar-refractivity contribution >= 4 is 5.91 Å². The summed E-state index contributed by atoms with van der Waals surface area (Å²) in [5.41, 5.74) is -0.696. The number of carbonyl (C=O) groups is 1. The summed E-state index contributed by atoms with van der Waals surface area (Å²) < 4.78 is 37.5. The van der Waals surface area contributed by atoms with Crippen molar-refractivity contribution in [1.82, 2.24) is 5.32 Å². The molecule has 1 amide bonds. The second-order valence-electron chi connectivity index (χ2n) is 4.54. The Morgan fingerprint density at radius 1 is 1.37 bits per heavy atom. The van der Waals surface area contributed by atoms with E-state index in [1.807, 2.05) is 0 Å². The monoisotopic (exact) mass is 275 g/mol. The fourth-order valence-corrected chi connectivity index (χ4v) is 1.44. The molecule has 1 rings (SSSR count). The highest BCUT2D eigenvalue weighted by Gasteiger charge is 2.30. The Morgan fingerprint density at radius 2 is 2.00 bits per heavy atom. The summed E-state index contributed by atoms with van der Waals surface area (Å²) in [4.78, 5) is 11.3. The fraction of sp³-hybridized carbons (Fsp3) is 0.462. The Labute approximate surface area is 109 Å². The van der Waals surface area contributed by atoms with E-state index >= 15 is 0 Å². The van der Waals surface area contributed by atoms with Gasteiger partial charge in [0.25, 0.3) is 0 Å². The normalized spacial score (nSPS) is 13.4. The van der Waals surface area contributed by atoms with Crippen LogP contribution in [0.3, 0.4) is 0 Å². The molecule has 3 nitrogen and oxygen atoms in total. The predicted molar refractivity (Wildman–Crippen MR) is 64.3 cm³/mol. The fourth-order valence-electron chi connectivity index (χ4n) is 1.44. The van der Waals surface area contributed by atoms with Gasteiger partial charge in [0.05, 0.1) is 11.7 Å². The van der Waals surface area contributed by atoms with Gasteiger partial charge in [-0.1, -0.05) is 26.0 Å². The average molecular weight is 275 g/mol. The number of nitrogens with one attached hydrogen (secondary N) is 1. The molecule has 0 heterocycles. The number of rotatable bonds is 4. The molecular formula is C13H16F3NO2. The Morgan fingerprint density at radius 3 is 2.53 bits per heavy atom. The van der Waals surface area contributed by atoms with Crippen LogP contribution in [-0.2, 0) is 11.0 Å². The predicted octanol–water partition coefficient (Wildman–Crippen LogP) is 2.51. The summed E-state index contributed by atoms with van der Waals surface area (Å²) in [6, 6.07) is 4.43. The summed E-state index contributed by atoms with van der Waals surface area (Å²) in [6.07, 6.45) is -5.61. The molecule has 1 unspecified atom stereocenters. The van der Waals surface area contributed by atoms with E-state index in [0.717, 1.165) is 12.1 Å². The number of benzene rings is 1. The smallest absolute Gasteiger partial charge is 0.387 e. The third-order valence-electron chi connectivity index (χ3n) is 2.59. The van der Waals surface area contributed by atoms with E-state index in [9.17, 15) is 23.1 Å². The van der Waals surface area contributed by atoms with Crippen molar-refractivity contribution in [1.29, 1.82) is 0 Å². The summed E-state index contributed by atoms with van der Waals surface area (Å²) in [6.45, 7) is 3.26. The number of aliphatic hydroxyl groups is 1. The standard InChI is InChI=1S/C13H16F3NO2/c1-8(2)12(19)17-7-11(18)9-4-3-5-10(6-9)13(14,15)16/h3-6,8,11,18H,7H2,1-2H3,(H,17,19). The quantitative estimate of drug-likeness (QED) is 0.887. The maximum absolute atomic E-state index is 12.5.